The molecule has 0 unspecified atom stereocenters. The Labute approximate surface area is 175 Å². The standard InChI is InChI=1S/C19H22ClF2NO4S2/c1-3-28(24,25)12-4-5-14(2)23(19-13-16(21)8-11-18(19)22)29(26,27)17-9-6-15(20)7-10-17/h6-11,13-14H,3-5,12H2,1-2H3/t14-/m1/s1. The van der Waals surface area contributed by atoms with Crippen LogP contribution < -0.4 is 4.31 Å². The zero-order valence-corrected chi connectivity index (χ0v) is 18.4. The summed E-state index contributed by atoms with van der Waals surface area (Å²) in [6.45, 7) is 3.05. The van der Waals surface area contributed by atoms with Gasteiger partial charge in [0, 0.05) is 22.9 Å². The second kappa shape index (κ2) is 9.40. The maximum absolute atomic E-state index is 14.5. The van der Waals surface area contributed by atoms with Gasteiger partial charge in [-0.05, 0) is 56.2 Å². The zero-order chi connectivity index (χ0) is 21.8. The lowest BCUT2D eigenvalue weighted by Crippen LogP contribution is -2.39. The van der Waals surface area contributed by atoms with Gasteiger partial charge >= 0.3 is 0 Å². The number of halogens is 3. The van der Waals surface area contributed by atoms with Crippen molar-refractivity contribution in [3.05, 3.63) is 59.1 Å². The Balaban J connectivity index is 2.46. The SMILES string of the molecule is CCS(=O)(=O)CCC[C@@H](C)N(c1cc(F)ccc1F)S(=O)(=O)c1ccc(Cl)cc1. The fourth-order valence-corrected chi connectivity index (χ4v) is 5.55. The minimum atomic E-state index is -4.26. The molecule has 0 fully saturated rings. The number of nitrogens with zero attached hydrogens (tertiary/aromatic N) is 1. The summed E-state index contributed by atoms with van der Waals surface area (Å²) >= 11 is 5.82. The van der Waals surface area contributed by atoms with Crippen LogP contribution in [-0.4, -0.2) is 34.4 Å². The smallest absolute Gasteiger partial charge is 0.260 e. The maximum Gasteiger partial charge on any atom is 0.264 e. The van der Waals surface area contributed by atoms with Crippen molar-refractivity contribution in [2.45, 2.75) is 37.6 Å². The average molecular weight is 466 g/mol. The Morgan fingerprint density at radius 3 is 2.24 bits per heavy atom. The van der Waals surface area contributed by atoms with E-state index in [1.54, 1.807) is 0 Å². The summed E-state index contributed by atoms with van der Waals surface area (Å²) in [5.74, 6) is -1.84. The van der Waals surface area contributed by atoms with Gasteiger partial charge in [0.25, 0.3) is 10.0 Å². The minimum absolute atomic E-state index is 0.0211. The summed E-state index contributed by atoms with van der Waals surface area (Å²) in [5, 5.41) is 0.324. The van der Waals surface area contributed by atoms with Crippen molar-refractivity contribution < 1.29 is 25.6 Å². The molecule has 160 valence electrons. The van der Waals surface area contributed by atoms with Gasteiger partial charge in [-0.1, -0.05) is 18.5 Å². The highest BCUT2D eigenvalue weighted by atomic mass is 35.5. The van der Waals surface area contributed by atoms with E-state index in [4.69, 9.17) is 11.6 Å². The van der Waals surface area contributed by atoms with Crippen LogP contribution in [0.2, 0.25) is 5.02 Å². The van der Waals surface area contributed by atoms with Crippen molar-refractivity contribution in [1.29, 1.82) is 0 Å². The molecule has 0 N–H and O–H groups in total. The molecule has 2 aromatic carbocycles. The summed E-state index contributed by atoms with van der Waals surface area (Å²) < 4.78 is 79.0. The van der Waals surface area contributed by atoms with Crippen LogP contribution in [0.4, 0.5) is 14.5 Å². The third kappa shape index (κ3) is 5.90. The number of anilines is 1. The molecule has 0 aromatic heterocycles. The van der Waals surface area contributed by atoms with E-state index in [9.17, 15) is 25.6 Å². The van der Waals surface area contributed by atoms with Gasteiger partial charge in [0.05, 0.1) is 16.3 Å². The Morgan fingerprint density at radius 1 is 1.03 bits per heavy atom. The average Bonchev–Trinajstić information content (AvgIpc) is 2.65. The second-order valence-electron chi connectivity index (χ2n) is 6.58. The van der Waals surface area contributed by atoms with Crippen molar-refractivity contribution >= 4 is 37.1 Å². The fraction of sp³-hybridized carbons (Fsp3) is 0.368. The Kier molecular flexibility index (Phi) is 7.64. The van der Waals surface area contributed by atoms with Crippen LogP contribution in [0.25, 0.3) is 0 Å². The highest BCUT2D eigenvalue weighted by molar-refractivity contribution is 7.93. The van der Waals surface area contributed by atoms with Crippen molar-refractivity contribution in [2.24, 2.45) is 0 Å². The van der Waals surface area contributed by atoms with Crippen LogP contribution in [0.15, 0.2) is 47.4 Å². The fourth-order valence-electron chi connectivity index (χ4n) is 2.84. The Bertz CT molecular complexity index is 1060. The largest absolute Gasteiger partial charge is 0.264 e. The van der Waals surface area contributed by atoms with E-state index in [0.29, 0.717) is 5.02 Å². The van der Waals surface area contributed by atoms with Gasteiger partial charge in [-0.15, -0.1) is 0 Å². The highest BCUT2D eigenvalue weighted by Crippen LogP contribution is 2.31. The van der Waals surface area contributed by atoms with E-state index < -0.39 is 43.2 Å². The Morgan fingerprint density at radius 2 is 1.66 bits per heavy atom. The number of hydrogen-bond acceptors (Lipinski definition) is 4. The third-order valence-electron chi connectivity index (χ3n) is 4.43. The van der Waals surface area contributed by atoms with Crippen LogP contribution >= 0.6 is 11.6 Å². The Hall–Kier alpha value is -1.71. The lowest BCUT2D eigenvalue weighted by molar-refractivity contribution is 0.553. The molecule has 0 amide bonds. The van der Waals surface area contributed by atoms with E-state index in [1.807, 2.05) is 0 Å². The van der Waals surface area contributed by atoms with Crippen LogP contribution in [0.1, 0.15) is 26.7 Å². The van der Waals surface area contributed by atoms with Crippen LogP contribution in [0.3, 0.4) is 0 Å². The summed E-state index contributed by atoms with van der Waals surface area (Å²) in [4.78, 5) is -0.140. The molecule has 0 saturated heterocycles. The van der Waals surface area contributed by atoms with Gasteiger partial charge in [0.1, 0.15) is 21.5 Å². The second-order valence-corrected chi connectivity index (χ2v) is 11.3. The monoisotopic (exact) mass is 465 g/mol. The highest BCUT2D eigenvalue weighted by Gasteiger charge is 2.32. The van der Waals surface area contributed by atoms with E-state index >= 15 is 0 Å². The molecule has 2 aromatic rings. The van der Waals surface area contributed by atoms with Crippen LogP contribution in [0, 0.1) is 11.6 Å². The first-order valence-electron chi connectivity index (χ1n) is 8.93. The van der Waals surface area contributed by atoms with Crippen LogP contribution in [0.5, 0.6) is 0 Å². The summed E-state index contributed by atoms with van der Waals surface area (Å²) in [6, 6.07) is 7.04. The minimum Gasteiger partial charge on any atom is -0.260 e. The van der Waals surface area contributed by atoms with Gasteiger partial charge < -0.3 is 0 Å². The molecule has 10 heteroatoms. The quantitative estimate of drug-likeness (QED) is 0.549. The zero-order valence-electron chi connectivity index (χ0n) is 16.0. The van der Waals surface area contributed by atoms with E-state index in [0.717, 1.165) is 22.5 Å². The predicted molar refractivity (Wildman–Crippen MR) is 110 cm³/mol. The van der Waals surface area contributed by atoms with Gasteiger partial charge in [-0.25, -0.2) is 25.6 Å². The van der Waals surface area contributed by atoms with Crippen molar-refractivity contribution in [1.82, 2.24) is 0 Å². The lowest BCUT2D eigenvalue weighted by Gasteiger charge is -2.31. The third-order valence-corrected chi connectivity index (χ3v) is 8.42. The molecule has 0 bridgehead atoms. The topological polar surface area (TPSA) is 71.5 Å². The summed E-state index contributed by atoms with van der Waals surface area (Å²) in [6.07, 6.45) is 0.322. The number of hydrogen-bond donors (Lipinski definition) is 0. The molecule has 1 atom stereocenters. The number of rotatable bonds is 9. The number of sulfonamides is 1. The maximum atomic E-state index is 14.5. The molecule has 0 radical (unpaired) electrons. The number of sulfone groups is 1. The summed E-state index contributed by atoms with van der Waals surface area (Å²) in [7, 11) is -7.49. The van der Waals surface area contributed by atoms with Crippen LogP contribution in [-0.2, 0) is 19.9 Å². The summed E-state index contributed by atoms with van der Waals surface area (Å²) in [5.41, 5.74) is -0.439. The first kappa shape index (κ1) is 23.6. The van der Waals surface area contributed by atoms with Crippen molar-refractivity contribution in [3.63, 3.8) is 0 Å². The molecule has 0 aliphatic rings. The number of benzene rings is 2. The van der Waals surface area contributed by atoms with E-state index in [-0.39, 0.29) is 29.2 Å². The molecule has 0 spiro atoms. The molecule has 29 heavy (non-hydrogen) atoms. The van der Waals surface area contributed by atoms with E-state index in [2.05, 4.69) is 0 Å². The van der Waals surface area contributed by atoms with Gasteiger partial charge in [0.15, 0.2) is 0 Å². The molecular formula is C19H22ClF2NO4S2. The molecule has 0 aliphatic heterocycles. The molecule has 2 rings (SSSR count). The molecular weight excluding hydrogens is 444 g/mol. The lowest BCUT2D eigenvalue weighted by atomic mass is 10.2. The molecule has 5 nitrogen and oxygen atoms in total. The molecule has 0 aliphatic carbocycles. The first-order chi connectivity index (χ1) is 13.5. The van der Waals surface area contributed by atoms with Gasteiger partial charge in [0.2, 0.25) is 0 Å². The van der Waals surface area contributed by atoms with Crippen molar-refractivity contribution in [2.75, 3.05) is 15.8 Å². The van der Waals surface area contributed by atoms with Gasteiger partial charge in [-0.2, -0.15) is 0 Å². The normalized spacial score (nSPS) is 13.3. The van der Waals surface area contributed by atoms with E-state index in [1.165, 1.54) is 38.1 Å². The van der Waals surface area contributed by atoms with Crippen molar-refractivity contribution in [3.8, 4) is 0 Å². The predicted octanol–water partition coefficient (Wildman–Crippen LogP) is 4.42. The van der Waals surface area contributed by atoms with Gasteiger partial charge in [-0.3, -0.25) is 4.31 Å². The first-order valence-corrected chi connectivity index (χ1v) is 12.6. The molecule has 0 saturated carbocycles. The molecule has 0 heterocycles.